The van der Waals surface area contributed by atoms with Crippen molar-refractivity contribution < 1.29 is 51.2 Å². The fraction of sp³-hybridized carbons (Fsp3) is 0.207. The molecule has 0 aliphatic rings. The van der Waals surface area contributed by atoms with Crippen molar-refractivity contribution in [2.75, 3.05) is 40.4 Å². The first-order valence-corrected chi connectivity index (χ1v) is 13.1. The first kappa shape index (κ1) is 31.0. The maximum Gasteiger partial charge on any atom is 0.573 e. The molecule has 0 fully saturated rings. The summed E-state index contributed by atoms with van der Waals surface area (Å²) in [7, 11) is 5.80. The number of thiazole rings is 1. The quantitative estimate of drug-likeness (QED) is 0.148. The summed E-state index contributed by atoms with van der Waals surface area (Å²) in [5.41, 5.74) is 1.12. The zero-order chi connectivity index (χ0) is 31.1. The molecule has 1 amide bonds. The molecule has 3 aromatic carbocycles. The van der Waals surface area contributed by atoms with Crippen LogP contribution in [0.15, 0.2) is 54.6 Å². The summed E-state index contributed by atoms with van der Waals surface area (Å²) in [4.78, 5) is 29.6. The van der Waals surface area contributed by atoms with Crippen LogP contribution >= 0.6 is 11.3 Å². The van der Waals surface area contributed by atoms with Gasteiger partial charge < -0.3 is 28.4 Å². The monoisotopic (exact) mass is 618 g/mol. The van der Waals surface area contributed by atoms with Crippen LogP contribution in [0.5, 0.6) is 34.5 Å². The van der Waals surface area contributed by atoms with Crippen LogP contribution in [0.25, 0.3) is 16.3 Å². The van der Waals surface area contributed by atoms with Gasteiger partial charge in [0.05, 0.1) is 38.7 Å². The lowest BCUT2D eigenvalue weighted by atomic mass is 10.1. The number of nitrogens with zero attached hydrogens (tertiary/aromatic N) is 1. The number of rotatable bonds is 12. The summed E-state index contributed by atoms with van der Waals surface area (Å²) in [6.07, 6.45) is -1.91. The van der Waals surface area contributed by atoms with E-state index in [9.17, 15) is 22.8 Å². The second-order valence-corrected chi connectivity index (χ2v) is 9.59. The number of carbonyl (C=O) groups is 2. The van der Waals surface area contributed by atoms with E-state index >= 15 is 0 Å². The fourth-order valence-electron chi connectivity index (χ4n) is 3.86. The topological polar surface area (TPSA) is 114 Å². The highest BCUT2D eigenvalue weighted by Crippen LogP contribution is 2.38. The van der Waals surface area contributed by atoms with Crippen molar-refractivity contribution >= 4 is 44.5 Å². The second-order valence-electron chi connectivity index (χ2n) is 8.56. The number of fused-ring (bicyclic) bond motifs is 1. The Morgan fingerprint density at radius 2 is 1.58 bits per heavy atom. The number of amides is 1. The highest BCUT2D eigenvalue weighted by Gasteiger charge is 2.31. The Morgan fingerprint density at radius 1 is 0.884 bits per heavy atom. The zero-order valence-electron chi connectivity index (χ0n) is 23.2. The Bertz CT molecular complexity index is 1640. The van der Waals surface area contributed by atoms with E-state index in [1.165, 1.54) is 52.7 Å². The number of nitrogens with one attached hydrogen (secondary N) is 1. The highest BCUT2D eigenvalue weighted by molar-refractivity contribution is 7.22. The predicted octanol–water partition coefficient (Wildman–Crippen LogP) is 6.14. The van der Waals surface area contributed by atoms with E-state index in [-0.39, 0.29) is 22.2 Å². The van der Waals surface area contributed by atoms with E-state index in [4.69, 9.17) is 23.7 Å². The molecule has 0 atom stereocenters. The third kappa shape index (κ3) is 7.86. The van der Waals surface area contributed by atoms with E-state index in [0.717, 1.165) is 23.5 Å². The molecule has 0 saturated heterocycles. The summed E-state index contributed by atoms with van der Waals surface area (Å²) >= 11 is 1.07. The largest absolute Gasteiger partial charge is 0.573 e. The molecule has 4 aromatic rings. The van der Waals surface area contributed by atoms with Gasteiger partial charge in [-0.2, -0.15) is 0 Å². The van der Waals surface area contributed by atoms with Crippen LogP contribution < -0.4 is 33.7 Å². The van der Waals surface area contributed by atoms with Crippen LogP contribution in [0.4, 0.5) is 18.3 Å². The minimum Gasteiger partial charge on any atom is -0.493 e. The Kier molecular flexibility index (Phi) is 9.60. The van der Waals surface area contributed by atoms with Gasteiger partial charge in [-0.05, 0) is 48.0 Å². The van der Waals surface area contributed by atoms with Gasteiger partial charge >= 0.3 is 6.36 Å². The van der Waals surface area contributed by atoms with Gasteiger partial charge in [-0.25, -0.2) is 4.98 Å². The molecule has 10 nitrogen and oxygen atoms in total. The highest BCUT2D eigenvalue weighted by atomic mass is 32.1. The van der Waals surface area contributed by atoms with Gasteiger partial charge in [0, 0.05) is 11.6 Å². The number of anilines is 1. The lowest BCUT2D eigenvalue weighted by Gasteiger charge is -2.13. The maximum atomic E-state index is 12.9. The number of benzene rings is 3. The molecule has 1 N–H and O–H groups in total. The number of ether oxygens (including phenoxy) is 6. The average Bonchev–Trinajstić information content (AvgIpc) is 3.38. The van der Waals surface area contributed by atoms with Crippen molar-refractivity contribution in [2.45, 2.75) is 6.36 Å². The normalized spacial score (nSPS) is 11.3. The van der Waals surface area contributed by atoms with Gasteiger partial charge in [0.1, 0.15) is 5.75 Å². The van der Waals surface area contributed by atoms with Gasteiger partial charge in [-0.3, -0.25) is 14.9 Å². The van der Waals surface area contributed by atoms with Crippen molar-refractivity contribution in [3.63, 3.8) is 0 Å². The molecule has 1 heterocycles. The van der Waals surface area contributed by atoms with E-state index in [1.54, 1.807) is 24.3 Å². The van der Waals surface area contributed by atoms with Crippen LogP contribution in [0.3, 0.4) is 0 Å². The number of methoxy groups -OCH3 is 4. The molecule has 14 heteroatoms. The third-order valence-corrected chi connectivity index (χ3v) is 6.71. The summed E-state index contributed by atoms with van der Waals surface area (Å²) in [5, 5.41) is 2.73. The van der Waals surface area contributed by atoms with Crippen molar-refractivity contribution in [1.29, 1.82) is 0 Å². The minimum atomic E-state index is -4.83. The number of ketones is 1. The minimum absolute atomic E-state index is 0.168. The molecule has 0 saturated carbocycles. The molecule has 0 radical (unpaired) electrons. The smallest absolute Gasteiger partial charge is 0.493 e. The number of hydrogen-bond donors (Lipinski definition) is 1. The summed E-state index contributed by atoms with van der Waals surface area (Å²) in [5.74, 6) is 0.302. The maximum absolute atomic E-state index is 12.9. The molecule has 226 valence electrons. The van der Waals surface area contributed by atoms with Gasteiger partial charge in [-0.15, -0.1) is 13.2 Å². The van der Waals surface area contributed by atoms with Crippen molar-refractivity contribution in [2.24, 2.45) is 0 Å². The first-order chi connectivity index (χ1) is 20.5. The Morgan fingerprint density at radius 3 is 2.21 bits per heavy atom. The number of carbonyl (C=O) groups excluding carboxylic acids is 2. The number of aromatic nitrogens is 1. The van der Waals surface area contributed by atoms with Crippen molar-refractivity contribution in [3.8, 4) is 34.5 Å². The van der Waals surface area contributed by atoms with Crippen molar-refractivity contribution in [1.82, 2.24) is 4.98 Å². The Balaban J connectivity index is 1.43. The number of alkyl halides is 3. The molecular weight excluding hydrogens is 593 g/mol. The van der Waals surface area contributed by atoms with E-state index < -0.39 is 24.6 Å². The molecule has 1 aromatic heterocycles. The third-order valence-electron chi connectivity index (χ3n) is 5.76. The van der Waals surface area contributed by atoms with Crippen LogP contribution in [-0.4, -0.2) is 58.1 Å². The molecule has 4 rings (SSSR count). The number of allylic oxidation sites excluding steroid dienone is 1. The standard InChI is InChI=1S/C29H25F3N2O8S/c1-37-21-9-6-16(5-8-20(35)17-12-23(38-2)27(40-4)24(13-17)39-3)11-22(21)41-15-26(36)34-28-33-19-14-18(42-29(30,31)32)7-10-25(19)43-28/h5-14H,15H2,1-4H3,(H,33,34,36)/b8-5+. The molecule has 0 aliphatic carbocycles. The summed E-state index contributed by atoms with van der Waals surface area (Å²) in [6.45, 7) is -0.424. The van der Waals surface area contributed by atoms with Gasteiger partial charge in [0.15, 0.2) is 40.5 Å². The predicted molar refractivity (Wildman–Crippen MR) is 153 cm³/mol. The van der Waals surface area contributed by atoms with Gasteiger partial charge in [0.2, 0.25) is 5.75 Å². The van der Waals surface area contributed by atoms with Crippen LogP contribution in [0.1, 0.15) is 15.9 Å². The summed E-state index contributed by atoms with van der Waals surface area (Å²) in [6, 6.07) is 11.7. The second kappa shape index (κ2) is 13.3. The van der Waals surface area contributed by atoms with Gasteiger partial charge in [-0.1, -0.05) is 23.5 Å². The molecule has 43 heavy (non-hydrogen) atoms. The summed E-state index contributed by atoms with van der Waals surface area (Å²) < 4.78 is 68.8. The fourth-order valence-corrected chi connectivity index (χ4v) is 4.72. The SMILES string of the molecule is COc1ccc(/C=C/C(=O)c2cc(OC)c(OC)c(OC)c2)cc1OCC(=O)Nc1nc2cc(OC(F)(F)F)ccc2s1. The van der Waals surface area contributed by atoms with Crippen molar-refractivity contribution in [3.05, 3.63) is 65.7 Å². The molecule has 0 spiro atoms. The molecule has 0 unspecified atom stereocenters. The lowest BCUT2D eigenvalue weighted by Crippen LogP contribution is -2.20. The zero-order valence-corrected chi connectivity index (χ0v) is 24.1. The van der Waals surface area contributed by atoms with E-state index in [1.807, 2.05) is 0 Å². The lowest BCUT2D eigenvalue weighted by molar-refractivity contribution is -0.274. The van der Waals surface area contributed by atoms with E-state index in [2.05, 4.69) is 15.0 Å². The Hall–Kier alpha value is -4.98. The molecular formula is C29H25F3N2O8S. The first-order valence-electron chi connectivity index (χ1n) is 12.3. The Labute approximate surface area is 247 Å². The average molecular weight is 619 g/mol. The van der Waals surface area contributed by atoms with E-state index in [0.29, 0.717) is 38.8 Å². The number of halogens is 3. The molecule has 0 aliphatic heterocycles. The van der Waals surface area contributed by atoms with Crippen LogP contribution in [0, 0.1) is 0 Å². The van der Waals surface area contributed by atoms with Crippen LogP contribution in [0.2, 0.25) is 0 Å². The number of hydrogen-bond acceptors (Lipinski definition) is 10. The van der Waals surface area contributed by atoms with Gasteiger partial charge in [0.25, 0.3) is 5.91 Å². The molecule has 0 bridgehead atoms. The van der Waals surface area contributed by atoms with Crippen LogP contribution in [-0.2, 0) is 4.79 Å².